The van der Waals surface area contributed by atoms with Crippen LogP contribution in [0.2, 0.25) is 5.02 Å². The summed E-state index contributed by atoms with van der Waals surface area (Å²) in [5.74, 6) is 1.84. The Morgan fingerprint density at radius 2 is 2.14 bits per heavy atom. The lowest BCUT2D eigenvalue weighted by molar-refractivity contribution is 0.319. The number of benzene rings is 1. The van der Waals surface area contributed by atoms with E-state index < -0.39 is 0 Å². The van der Waals surface area contributed by atoms with Crippen molar-refractivity contribution in [3.63, 3.8) is 0 Å². The number of nitrogens with one attached hydrogen (secondary N) is 1. The fourth-order valence-corrected chi connectivity index (χ4v) is 2.28. The zero-order valence-corrected chi connectivity index (χ0v) is 13.4. The second-order valence-corrected chi connectivity index (χ2v) is 5.32. The van der Waals surface area contributed by atoms with Crippen LogP contribution < -0.4 is 10.1 Å². The third kappa shape index (κ3) is 4.39. The molecule has 0 aliphatic carbocycles. The second kappa shape index (κ2) is 7.93. The average Bonchev–Trinajstić information content (AvgIpc) is 2.92. The SMILES string of the molecule is CCCOc1ccc(Cl)cc1NCc1nccn1CCC. The smallest absolute Gasteiger partial charge is 0.142 e. The highest BCUT2D eigenvalue weighted by Gasteiger charge is 2.07. The van der Waals surface area contributed by atoms with E-state index >= 15 is 0 Å². The van der Waals surface area contributed by atoms with Crippen molar-refractivity contribution in [3.8, 4) is 5.75 Å². The summed E-state index contributed by atoms with van der Waals surface area (Å²) in [5, 5.41) is 4.06. The number of anilines is 1. The molecule has 1 heterocycles. The van der Waals surface area contributed by atoms with Crippen LogP contribution in [0.15, 0.2) is 30.6 Å². The molecule has 0 saturated carbocycles. The molecule has 0 unspecified atom stereocenters. The van der Waals surface area contributed by atoms with Gasteiger partial charge >= 0.3 is 0 Å². The molecule has 1 aromatic heterocycles. The number of aromatic nitrogens is 2. The first-order valence-corrected chi connectivity index (χ1v) is 7.78. The molecule has 0 aliphatic heterocycles. The highest BCUT2D eigenvalue weighted by Crippen LogP contribution is 2.28. The zero-order valence-electron chi connectivity index (χ0n) is 12.6. The number of hydrogen-bond acceptors (Lipinski definition) is 3. The van der Waals surface area contributed by atoms with Crippen molar-refractivity contribution >= 4 is 17.3 Å². The number of imidazole rings is 1. The van der Waals surface area contributed by atoms with Gasteiger partial charge in [0, 0.05) is 24.0 Å². The molecule has 2 rings (SSSR count). The number of nitrogens with zero attached hydrogens (tertiary/aromatic N) is 2. The molecule has 5 heteroatoms. The number of halogens is 1. The predicted molar refractivity (Wildman–Crippen MR) is 87.1 cm³/mol. The minimum absolute atomic E-state index is 0.649. The summed E-state index contributed by atoms with van der Waals surface area (Å²) in [6.45, 7) is 6.57. The van der Waals surface area contributed by atoms with Gasteiger partial charge in [-0.05, 0) is 31.0 Å². The van der Waals surface area contributed by atoms with Crippen LogP contribution in [0.1, 0.15) is 32.5 Å². The first kappa shape index (κ1) is 15.7. The minimum atomic E-state index is 0.649. The Bertz CT molecular complexity index is 568. The van der Waals surface area contributed by atoms with Crippen molar-refractivity contribution in [3.05, 3.63) is 41.4 Å². The Labute approximate surface area is 131 Å². The molecule has 21 heavy (non-hydrogen) atoms. The summed E-state index contributed by atoms with van der Waals surface area (Å²) >= 11 is 6.08. The summed E-state index contributed by atoms with van der Waals surface area (Å²) in [6, 6.07) is 5.63. The van der Waals surface area contributed by atoms with Crippen molar-refractivity contribution < 1.29 is 4.74 Å². The van der Waals surface area contributed by atoms with Gasteiger partial charge in [-0.1, -0.05) is 25.4 Å². The Morgan fingerprint density at radius 3 is 2.90 bits per heavy atom. The van der Waals surface area contributed by atoms with Gasteiger partial charge in [0.1, 0.15) is 11.6 Å². The standard InChI is InChI=1S/C16H22ClN3O/c1-3-8-20-9-7-18-16(20)12-19-14-11-13(17)5-6-15(14)21-10-4-2/h5-7,9,11,19H,3-4,8,10,12H2,1-2H3. The largest absolute Gasteiger partial charge is 0.491 e. The Balaban J connectivity index is 2.07. The van der Waals surface area contributed by atoms with Gasteiger partial charge in [0.05, 0.1) is 18.8 Å². The number of aryl methyl sites for hydroxylation is 1. The molecule has 0 bridgehead atoms. The Hall–Kier alpha value is -1.68. The van der Waals surface area contributed by atoms with Crippen LogP contribution in [0.25, 0.3) is 0 Å². The first-order chi connectivity index (χ1) is 10.2. The van der Waals surface area contributed by atoms with Crippen LogP contribution in [0.4, 0.5) is 5.69 Å². The zero-order chi connectivity index (χ0) is 15.1. The van der Waals surface area contributed by atoms with Gasteiger partial charge in [-0.3, -0.25) is 0 Å². The van der Waals surface area contributed by atoms with E-state index in [9.17, 15) is 0 Å². The normalized spacial score (nSPS) is 10.6. The van der Waals surface area contributed by atoms with Crippen LogP contribution in [0.3, 0.4) is 0 Å². The summed E-state index contributed by atoms with van der Waals surface area (Å²) in [6.07, 6.45) is 5.90. The topological polar surface area (TPSA) is 39.1 Å². The molecule has 1 aromatic carbocycles. The monoisotopic (exact) mass is 307 g/mol. The molecule has 0 saturated heterocycles. The molecular weight excluding hydrogens is 286 g/mol. The molecule has 0 radical (unpaired) electrons. The maximum absolute atomic E-state index is 6.08. The van der Waals surface area contributed by atoms with Crippen molar-refractivity contribution in [1.29, 1.82) is 0 Å². The van der Waals surface area contributed by atoms with E-state index in [1.165, 1.54) is 0 Å². The number of ether oxygens (including phenoxy) is 1. The minimum Gasteiger partial charge on any atom is -0.491 e. The molecular formula is C16H22ClN3O. The summed E-state index contributed by atoms with van der Waals surface area (Å²) in [5.41, 5.74) is 0.905. The lowest BCUT2D eigenvalue weighted by atomic mass is 10.3. The van der Waals surface area contributed by atoms with Crippen LogP contribution in [-0.4, -0.2) is 16.2 Å². The lowest BCUT2D eigenvalue weighted by Crippen LogP contribution is -2.09. The molecule has 0 fully saturated rings. The molecule has 0 amide bonds. The highest BCUT2D eigenvalue weighted by molar-refractivity contribution is 6.30. The first-order valence-electron chi connectivity index (χ1n) is 7.40. The van der Waals surface area contributed by atoms with Crippen molar-refractivity contribution in [2.24, 2.45) is 0 Å². The van der Waals surface area contributed by atoms with Crippen LogP contribution in [-0.2, 0) is 13.1 Å². The fraction of sp³-hybridized carbons (Fsp3) is 0.438. The van der Waals surface area contributed by atoms with Gasteiger partial charge in [-0.25, -0.2) is 4.98 Å². The molecule has 1 N–H and O–H groups in total. The van der Waals surface area contributed by atoms with Gasteiger partial charge in [0.25, 0.3) is 0 Å². The van der Waals surface area contributed by atoms with E-state index in [0.717, 1.165) is 36.6 Å². The van der Waals surface area contributed by atoms with Crippen molar-refractivity contribution in [2.75, 3.05) is 11.9 Å². The van der Waals surface area contributed by atoms with Crippen molar-refractivity contribution in [1.82, 2.24) is 9.55 Å². The summed E-state index contributed by atoms with van der Waals surface area (Å²) in [4.78, 5) is 4.39. The van der Waals surface area contributed by atoms with E-state index in [1.807, 2.05) is 30.6 Å². The summed E-state index contributed by atoms with van der Waals surface area (Å²) in [7, 11) is 0. The Morgan fingerprint density at radius 1 is 1.29 bits per heavy atom. The van der Waals surface area contributed by atoms with E-state index in [1.54, 1.807) is 0 Å². The summed E-state index contributed by atoms with van der Waals surface area (Å²) < 4.78 is 7.90. The molecule has 0 aliphatic rings. The van der Waals surface area contributed by atoms with Gasteiger partial charge in [-0.15, -0.1) is 0 Å². The molecule has 0 spiro atoms. The van der Waals surface area contributed by atoms with Gasteiger partial charge < -0.3 is 14.6 Å². The third-order valence-electron chi connectivity index (χ3n) is 3.11. The second-order valence-electron chi connectivity index (χ2n) is 4.88. The van der Waals surface area contributed by atoms with Crippen molar-refractivity contribution in [2.45, 2.75) is 39.8 Å². The van der Waals surface area contributed by atoms with E-state index in [0.29, 0.717) is 18.2 Å². The van der Waals surface area contributed by atoms with Crippen LogP contribution in [0, 0.1) is 0 Å². The quantitative estimate of drug-likeness (QED) is 0.788. The molecule has 0 atom stereocenters. The van der Waals surface area contributed by atoms with Gasteiger partial charge in [0.15, 0.2) is 0 Å². The third-order valence-corrected chi connectivity index (χ3v) is 3.34. The van der Waals surface area contributed by atoms with Crippen LogP contribution >= 0.6 is 11.6 Å². The van der Waals surface area contributed by atoms with Crippen LogP contribution in [0.5, 0.6) is 5.75 Å². The van der Waals surface area contributed by atoms with Gasteiger partial charge in [-0.2, -0.15) is 0 Å². The molecule has 2 aromatic rings. The fourth-order valence-electron chi connectivity index (χ4n) is 2.10. The lowest BCUT2D eigenvalue weighted by Gasteiger charge is -2.14. The van der Waals surface area contributed by atoms with Gasteiger partial charge in [0.2, 0.25) is 0 Å². The molecule has 4 nitrogen and oxygen atoms in total. The van der Waals surface area contributed by atoms with E-state index in [-0.39, 0.29) is 0 Å². The predicted octanol–water partition coefficient (Wildman–Crippen LogP) is 4.35. The van der Waals surface area contributed by atoms with E-state index in [2.05, 4.69) is 28.7 Å². The number of hydrogen-bond donors (Lipinski definition) is 1. The van der Waals surface area contributed by atoms with E-state index in [4.69, 9.17) is 16.3 Å². The maximum atomic E-state index is 6.08. The average molecular weight is 308 g/mol. The molecule has 114 valence electrons. The number of rotatable bonds is 8. The Kier molecular flexibility index (Phi) is 5.93. The highest BCUT2D eigenvalue weighted by atomic mass is 35.5. The maximum Gasteiger partial charge on any atom is 0.142 e.